The van der Waals surface area contributed by atoms with Gasteiger partial charge in [-0.2, -0.15) is 0 Å². The highest BCUT2D eigenvalue weighted by molar-refractivity contribution is 5.86. The van der Waals surface area contributed by atoms with Crippen LogP contribution in [0.25, 0.3) is 0 Å². The van der Waals surface area contributed by atoms with Gasteiger partial charge in [-0.15, -0.1) is 5.10 Å². The van der Waals surface area contributed by atoms with E-state index in [9.17, 15) is 4.79 Å². The molecular formula is C7H12N4O2. The van der Waals surface area contributed by atoms with Crippen molar-refractivity contribution in [3.63, 3.8) is 0 Å². The summed E-state index contributed by atoms with van der Waals surface area (Å²) in [6, 6.07) is -0.168. The molecule has 0 atom stereocenters. The van der Waals surface area contributed by atoms with E-state index in [0.29, 0.717) is 5.89 Å². The van der Waals surface area contributed by atoms with Gasteiger partial charge in [0.25, 0.3) is 0 Å². The Balaban J connectivity index is 2.45. The van der Waals surface area contributed by atoms with Gasteiger partial charge in [0.05, 0.1) is 0 Å². The third-order valence-corrected chi connectivity index (χ3v) is 1.17. The largest absolute Gasteiger partial charge is 0.408 e. The highest BCUT2D eigenvalue weighted by Gasteiger charge is 2.07. The average molecular weight is 184 g/mol. The molecule has 0 aliphatic heterocycles. The maximum Gasteiger partial charge on any atom is 0.323 e. The molecule has 13 heavy (non-hydrogen) atoms. The van der Waals surface area contributed by atoms with Crippen LogP contribution in [0.3, 0.4) is 0 Å². The topological polar surface area (TPSA) is 80.0 Å². The third kappa shape index (κ3) is 3.10. The number of nitrogens with one attached hydrogen (secondary N) is 2. The molecule has 0 aromatic carbocycles. The van der Waals surface area contributed by atoms with Crippen LogP contribution in [0.5, 0.6) is 0 Å². The number of urea groups is 1. The zero-order valence-electron chi connectivity index (χ0n) is 7.79. The molecule has 6 heteroatoms. The van der Waals surface area contributed by atoms with Crippen LogP contribution in [0.15, 0.2) is 4.42 Å². The fraction of sp³-hybridized carbons (Fsp3) is 0.571. The summed E-state index contributed by atoms with van der Waals surface area (Å²) in [5, 5.41) is 12.2. The van der Waals surface area contributed by atoms with E-state index in [-0.39, 0.29) is 18.1 Å². The fourth-order valence-corrected chi connectivity index (χ4v) is 0.742. The van der Waals surface area contributed by atoms with E-state index in [1.807, 2.05) is 13.8 Å². The Kier molecular flexibility index (Phi) is 2.84. The van der Waals surface area contributed by atoms with Gasteiger partial charge in [0.15, 0.2) is 0 Å². The van der Waals surface area contributed by atoms with Crippen molar-refractivity contribution in [2.24, 2.45) is 0 Å². The molecule has 0 unspecified atom stereocenters. The van der Waals surface area contributed by atoms with Crippen molar-refractivity contribution in [3.05, 3.63) is 5.89 Å². The van der Waals surface area contributed by atoms with Crippen LogP contribution in [0.4, 0.5) is 10.8 Å². The minimum Gasteiger partial charge on any atom is -0.408 e. The monoisotopic (exact) mass is 184 g/mol. The lowest BCUT2D eigenvalue weighted by Gasteiger charge is -2.06. The molecule has 0 fully saturated rings. The molecule has 0 saturated heterocycles. The van der Waals surface area contributed by atoms with Gasteiger partial charge >= 0.3 is 12.0 Å². The van der Waals surface area contributed by atoms with Crippen LogP contribution in [-0.4, -0.2) is 22.3 Å². The lowest BCUT2D eigenvalue weighted by atomic mass is 10.4. The molecule has 1 rings (SSSR count). The van der Waals surface area contributed by atoms with E-state index in [2.05, 4.69) is 20.8 Å². The Labute approximate surface area is 75.7 Å². The number of hydrogen-bond donors (Lipinski definition) is 2. The Bertz CT molecular complexity index is 294. The molecule has 2 N–H and O–H groups in total. The summed E-state index contributed by atoms with van der Waals surface area (Å²) < 4.78 is 4.94. The number of carbonyl (C=O) groups excluding carboxylic acids is 1. The Morgan fingerprint density at radius 1 is 1.46 bits per heavy atom. The normalized spacial score (nSPS) is 10.2. The first-order valence-corrected chi connectivity index (χ1v) is 3.95. The van der Waals surface area contributed by atoms with E-state index < -0.39 is 0 Å². The molecule has 0 saturated carbocycles. The lowest BCUT2D eigenvalue weighted by molar-refractivity contribution is 0.249. The van der Waals surface area contributed by atoms with Crippen molar-refractivity contribution >= 4 is 12.0 Å². The number of rotatable bonds is 2. The number of aryl methyl sites for hydroxylation is 1. The quantitative estimate of drug-likeness (QED) is 0.715. The van der Waals surface area contributed by atoms with Crippen molar-refractivity contribution in [3.8, 4) is 0 Å². The molecular weight excluding hydrogens is 172 g/mol. The van der Waals surface area contributed by atoms with E-state index in [4.69, 9.17) is 4.42 Å². The third-order valence-electron chi connectivity index (χ3n) is 1.17. The van der Waals surface area contributed by atoms with E-state index >= 15 is 0 Å². The SMILES string of the molecule is Cc1nnc(NC(=O)NC(C)C)o1. The summed E-state index contributed by atoms with van der Waals surface area (Å²) in [5.41, 5.74) is 0. The first kappa shape index (κ1) is 9.50. The first-order chi connectivity index (χ1) is 6.08. The molecule has 1 heterocycles. The van der Waals surface area contributed by atoms with Gasteiger partial charge < -0.3 is 9.73 Å². The molecule has 2 amide bonds. The number of anilines is 1. The molecule has 0 bridgehead atoms. The van der Waals surface area contributed by atoms with Crippen molar-refractivity contribution in [2.45, 2.75) is 26.8 Å². The molecule has 1 aromatic heterocycles. The summed E-state index contributed by atoms with van der Waals surface area (Å²) in [4.78, 5) is 11.1. The van der Waals surface area contributed by atoms with Gasteiger partial charge in [-0.05, 0) is 13.8 Å². The Hall–Kier alpha value is -1.59. The average Bonchev–Trinajstić information content (AvgIpc) is 2.33. The fourth-order valence-electron chi connectivity index (χ4n) is 0.742. The van der Waals surface area contributed by atoms with Crippen molar-refractivity contribution < 1.29 is 9.21 Å². The minimum atomic E-state index is -0.348. The first-order valence-electron chi connectivity index (χ1n) is 3.95. The molecule has 0 aliphatic rings. The van der Waals surface area contributed by atoms with E-state index in [1.165, 1.54) is 0 Å². The standard InChI is InChI=1S/C7H12N4O2/c1-4(2)8-6(12)9-7-11-10-5(3)13-7/h4H,1-3H3,(H2,8,9,11,12). The summed E-state index contributed by atoms with van der Waals surface area (Å²) in [5.74, 6) is 0.417. The number of aromatic nitrogens is 2. The van der Waals surface area contributed by atoms with Gasteiger partial charge in [0, 0.05) is 13.0 Å². The highest BCUT2D eigenvalue weighted by atomic mass is 16.4. The minimum absolute atomic E-state index is 0.0732. The van der Waals surface area contributed by atoms with Crippen LogP contribution in [-0.2, 0) is 0 Å². The smallest absolute Gasteiger partial charge is 0.323 e. The molecule has 72 valence electrons. The number of nitrogens with zero attached hydrogens (tertiary/aromatic N) is 2. The Morgan fingerprint density at radius 3 is 2.62 bits per heavy atom. The second kappa shape index (κ2) is 3.88. The van der Waals surface area contributed by atoms with Crippen molar-refractivity contribution in [1.82, 2.24) is 15.5 Å². The van der Waals surface area contributed by atoms with Crippen LogP contribution in [0, 0.1) is 6.92 Å². The van der Waals surface area contributed by atoms with Crippen LogP contribution in [0.2, 0.25) is 0 Å². The molecule has 0 aliphatic carbocycles. The zero-order chi connectivity index (χ0) is 9.84. The van der Waals surface area contributed by atoms with Crippen LogP contribution < -0.4 is 10.6 Å². The summed E-state index contributed by atoms with van der Waals surface area (Å²) >= 11 is 0. The van der Waals surface area contributed by atoms with Crippen LogP contribution in [0.1, 0.15) is 19.7 Å². The van der Waals surface area contributed by atoms with Gasteiger partial charge in [-0.1, -0.05) is 5.10 Å². The number of amides is 2. The van der Waals surface area contributed by atoms with Crippen LogP contribution >= 0.6 is 0 Å². The summed E-state index contributed by atoms with van der Waals surface area (Å²) in [7, 11) is 0. The summed E-state index contributed by atoms with van der Waals surface area (Å²) in [6.45, 7) is 5.37. The van der Waals surface area contributed by atoms with Crippen molar-refractivity contribution in [2.75, 3.05) is 5.32 Å². The number of hydrogen-bond acceptors (Lipinski definition) is 4. The summed E-state index contributed by atoms with van der Waals surface area (Å²) in [6.07, 6.45) is 0. The lowest BCUT2D eigenvalue weighted by Crippen LogP contribution is -2.34. The molecule has 6 nitrogen and oxygen atoms in total. The Morgan fingerprint density at radius 2 is 2.15 bits per heavy atom. The van der Waals surface area contributed by atoms with Gasteiger partial charge in [0.2, 0.25) is 5.89 Å². The zero-order valence-corrected chi connectivity index (χ0v) is 7.79. The maximum atomic E-state index is 11.1. The predicted molar refractivity (Wildman–Crippen MR) is 46.3 cm³/mol. The second-order valence-corrected chi connectivity index (χ2v) is 2.88. The van der Waals surface area contributed by atoms with E-state index in [1.54, 1.807) is 6.92 Å². The molecule has 0 radical (unpaired) electrons. The van der Waals surface area contributed by atoms with Gasteiger partial charge in [-0.25, -0.2) is 4.79 Å². The maximum absolute atomic E-state index is 11.1. The highest BCUT2D eigenvalue weighted by Crippen LogP contribution is 2.02. The molecule has 0 spiro atoms. The predicted octanol–water partition coefficient (Wildman–Crippen LogP) is 0.908. The second-order valence-electron chi connectivity index (χ2n) is 2.88. The van der Waals surface area contributed by atoms with Gasteiger partial charge in [0.1, 0.15) is 0 Å². The van der Waals surface area contributed by atoms with E-state index in [0.717, 1.165) is 0 Å². The number of carbonyl (C=O) groups is 1. The molecule has 1 aromatic rings. The van der Waals surface area contributed by atoms with Gasteiger partial charge in [-0.3, -0.25) is 5.32 Å². The van der Waals surface area contributed by atoms with Crippen molar-refractivity contribution in [1.29, 1.82) is 0 Å².